The molecule has 0 aromatic heterocycles. The molecule has 0 aliphatic heterocycles. The van der Waals surface area contributed by atoms with Gasteiger partial charge in [-0.2, -0.15) is 0 Å². The van der Waals surface area contributed by atoms with Crippen molar-refractivity contribution in [3.05, 3.63) is 29.8 Å². The van der Waals surface area contributed by atoms with Gasteiger partial charge in [0.1, 0.15) is 5.75 Å². The van der Waals surface area contributed by atoms with Gasteiger partial charge in [0.05, 0.1) is 0 Å². The van der Waals surface area contributed by atoms with Gasteiger partial charge in [0.2, 0.25) is 5.91 Å². The Morgan fingerprint density at radius 1 is 1.28 bits per heavy atom. The summed E-state index contributed by atoms with van der Waals surface area (Å²) in [5.74, 6) is 1.06. The van der Waals surface area contributed by atoms with Crippen LogP contribution in [0.25, 0.3) is 0 Å². The summed E-state index contributed by atoms with van der Waals surface area (Å²) >= 11 is 0. The second-order valence-electron chi connectivity index (χ2n) is 5.05. The Morgan fingerprint density at radius 2 is 1.94 bits per heavy atom. The molecule has 2 N–H and O–H groups in total. The van der Waals surface area contributed by atoms with Crippen LogP contribution < -0.4 is 5.32 Å². The third-order valence-electron chi connectivity index (χ3n) is 2.86. The van der Waals surface area contributed by atoms with E-state index in [1.54, 1.807) is 12.1 Å². The number of phenolic OH excluding ortho intramolecular Hbond substituents is 1. The number of carbonyl (C=O) groups is 1. The largest absolute Gasteiger partial charge is 0.508 e. The number of amides is 1. The fraction of sp³-hybridized carbons (Fsp3) is 0.533. The number of aryl methyl sites for hydroxylation is 1. The lowest BCUT2D eigenvalue weighted by atomic mass is 10.1. The summed E-state index contributed by atoms with van der Waals surface area (Å²) in [6.07, 6.45) is 3.42. The lowest BCUT2D eigenvalue weighted by Gasteiger charge is -2.07. The lowest BCUT2D eigenvalue weighted by Crippen LogP contribution is -2.24. The molecule has 1 rings (SSSR count). The standard InChI is InChI=1S/C15H23NO2/c1-12(2)4-3-11-16-15(18)10-7-13-5-8-14(17)9-6-13/h5-6,8-9,12,17H,3-4,7,10-11H2,1-2H3,(H,16,18). The first-order valence-electron chi connectivity index (χ1n) is 6.62. The zero-order valence-corrected chi connectivity index (χ0v) is 11.3. The van der Waals surface area contributed by atoms with Gasteiger partial charge in [-0.25, -0.2) is 0 Å². The molecule has 0 fully saturated rings. The summed E-state index contributed by atoms with van der Waals surface area (Å²) in [5, 5.41) is 12.1. The number of hydrogen-bond acceptors (Lipinski definition) is 2. The molecular weight excluding hydrogens is 226 g/mol. The maximum atomic E-state index is 11.6. The molecule has 100 valence electrons. The highest BCUT2D eigenvalue weighted by atomic mass is 16.3. The first-order chi connectivity index (χ1) is 8.58. The molecule has 18 heavy (non-hydrogen) atoms. The van der Waals surface area contributed by atoms with Crippen molar-refractivity contribution in [1.82, 2.24) is 5.32 Å². The van der Waals surface area contributed by atoms with Crippen LogP contribution in [-0.2, 0) is 11.2 Å². The summed E-state index contributed by atoms with van der Waals surface area (Å²) in [6, 6.07) is 6.99. The number of phenols is 1. The molecular formula is C15H23NO2. The normalized spacial score (nSPS) is 10.6. The lowest BCUT2D eigenvalue weighted by molar-refractivity contribution is -0.121. The SMILES string of the molecule is CC(C)CCCNC(=O)CCc1ccc(O)cc1. The Morgan fingerprint density at radius 3 is 2.56 bits per heavy atom. The molecule has 0 atom stereocenters. The van der Waals surface area contributed by atoms with E-state index in [0.29, 0.717) is 12.3 Å². The van der Waals surface area contributed by atoms with Crippen LogP contribution in [-0.4, -0.2) is 17.6 Å². The Balaban J connectivity index is 2.15. The van der Waals surface area contributed by atoms with Gasteiger partial charge in [0.15, 0.2) is 0 Å². The third-order valence-corrected chi connectivity index (χ3v) is 2.86. The van der Waals surface area contributed by atoms with E-state index in [1.807, 2.05) is 12.1 Å². The molecule has 0 unspecified atom stereocenters. The summed E-state index contributed by atoms with van der Waals surface area (Å²) in [4.78, 5) is 11.6. The monoisotopic (exact) mass is 249 g/mol. The first-order valence-corrected chi connectivity index (χ1v) is 6.62. The van der Waals surface area contributed by atoms with Crippen LogP contribution in [0.5, 0.6) is 5.75 Å². The minimum absolute atomic E-state index is 0.104. The Bertz CT molecular complexity index is 357. The second kappa shape index (κ2) is 7.75. The number of hydrogen-bond donors (Lipinski definition) is 2. The number of rotatable bonds is 7. The van der Waals surface area contributed by atoms with Gasteiger partial charge in [-0.1, -0.05) is 26.0 Å². The molecule has 0 aliphatic rings. The molecule has 1 amide bonds. The van der Waals surface area contributed by atoms with Crippen LogP contribution >= 0.6 is 0 Å². The molecule has 0 saturated heterocycles. The van der Waals surface area contributed by atoms with Gasteiger partial charge in [-0.05, 0) is 42.9 Å². The van der Waals surface area contributed by atoms with Crippen molar-refractivity contribution in [1.29, 1.82) is 0 Å². The molecule has 1 aromatic carbocycles. The van der Waals surface area contributed by atoms with E-state index < -0.39 is 0 Å². The highest BCUT2D eigenvalue weighted by Gasteiger charge is 2.02. The van der Waals surface area contributed by atoms with Gasteiger partial charge < -0.3 is 10.4 Å². The van der Waals surface area contributed by atoms with E-state index >= 15 is 0 Å². The molecule has 0 radical (unpaired) electrons. The van der Waals surface area contributed by atoms with Crippen LogP contribution in [0.15, 0.2) is 24.3 Å². The molecule has 0 heterocycles. The van der Waals surface area contributed by atoms with Crippen molar-refractivity contribution in [3.8, 4) is 5.75 Å². The second-order valence-corrected chi connectivity index (χ2v) is 5.05. The van der Waals surface area contributed by atoms with E-state index in [1.165, 1.54) is 0 Å². The summed E-state index contributed by atoms with van der Waals surface area (Å²) < 4.78 is 0. The van der Waals surface area contributed by atoms with Crippen molar-refractivity contribution >= 4 is 5.91 Å². The van der Waals surface area contributed by atoms with E-state index in [4.69, 9.17) is 5.11 Å². The molecule has 1 aromatic rings. The van der Waals surface area contributed by atoms with Crippen molar-refractivity contribution < 1.29 is 9.90 Å². The molecule has 0 aliphatic carbocycles. The van der Waals surface area contributed by atoms with Gasteiger partial charge in [-0.3, -0.25) is 4.79 Å². The van der Waals surface area contributed by atoms with Crippen molar-refractivity contribution in [2.45, 2.75) is 39.5 Å². The minimum Gasteiger partial charge on any atom is -0.508 e. The van der Waals surface area contributed by atoms with E-state index in [2.05, 4.69) is 19.2 Å². The smallest absolute Gasteiger partial charge is 0.220 e. The van der Waals surface area contributed by atoms with Crippen LogP contribution in [0.2, 0.25) is 0 Å². The molecule has 0 spiro atoms. The van der Waals surface area contributed by atoms with Crippen LogP contribution in [0.4, 0.5) is 0 Å². The minimum atomic E-state index is 0.104. The summed E-state index contributed by atoms with van der Waals surface area (Å²) in [7, 11) is 0. The van der Waals surface area contributed by atoms with Crippen molar-refractivity contribution in [2.75, 3.05) is 6.54 Å². The van der Waals surface area contributed by atoms with Gasteiger partial charge >= 0.3 is 0 Å². The van der Waals surface area contributed by atoms with Gasteiger partial charge in [-0.15, -0.1) is 0 Å². The average Bonchev–Trinajstić information content (AvgIpc) is 2.34. The number of aromatic hydroxyl groups is 1. The summed E-state index contributed by atoms with van der Waals surface area (Å²) in [5.41, 5.74) is 1.07. The van der Waals surface area contributed by atoms with Crippen LogP contribution in [0, 0.1) is 5.92 Å². The van der Waals surface area contributed by atoms with Crippen LogP contribution in [0.3, 0.4) is 0 Å². The van der Waals surface area contributed by atoms with Crippen molar-refractivity contribution in [3.63, 3.8) is 0 Å². The summed E-state index contributed by atoms with van der Waals surface area (Å²) in [6.45, 7) is 5.14. The molecule has 3 heteroatoms. The van der Waals surface area contributed by atoms with E-state index in [-0.39, 0.29) is 11.7 Å². The predicted molar refractivity (Wildman–Crippen MR) is 73.5 cm³/mol. The first kappa shape index (κ1) is 14.6. The zero-order valence-electron chi connectivity index (χ0n) is 11.3. The number of nitrogens with one attached hydrogen (secondary N) is 1. The van der Waals surface area contributed by atoms with Gasteiger partial charge in [0, 0.05) is 13.0 Å². The predicted octanol–water partition coefficient (Wildman–Crippen LogP) is 2.88. The fourth-order valence-electron chi connectivity index (χ4n) is 1.75. The quantitative estimate of drug-likeness (QED) is 0.730. The maximum absolute atomic E-state index is 11.6. The molecule has 0 bridgehead atoms. The zero-order chi connectivity index (χ0) is 13.4. The molecule has 0 saturated carbocycles. The van der Waals surface area contributed by atoms with Gasteiger partial charge in [0.25, 0.3) is 0 Å². The Kier molecular flexibility index (Phi) is 6.26. The average molecular weight is 249 g/mol. The van der Waals surface area contributed by atoms with E-state index in [0.717, 1.165) is 31.4 Å². The number of benzene rings is 1. The van der Waals surface area contributed by atoms with E-state index in [9.17, 15) is 4.79 Å². The maximum Gasteiger partial charge on any atom is 0.220 e. The van der Waals surface area contributed by atoms with Crippen molar-refractivity contribution in [2.24, 2.45) is 5.92 Å². The number of carbonyl (C=O) groups excluding carboxylic acids is 1. The Hall–Kier alpha value is -1.51. The molecule has 3 nitrogen and oxygen atoms in total. The topological polar surface area (TPSA) is 49.3 Å². The highest BCUT2D eigenvalue weighted by Crippen LogP contribution is 2.11. The third kappa shape index (κ3) is 6.28. The fourth-order valence-corrected chi connectivity index (χ4v) is 1.75. The Labute approximate surface area is 109 Å². The highest BCUT2D eigenvalue weighted by molar-refractivity contribution is 5.76. The van der Waals surface area contributed by atoms with Crippen LogP contribution in [0.1, 0.15) is 38.7 Å².